The highest BCUT2D eigenvalue weighted by Crippen LogP contribution is 2.27. The first-order valence-corrected chi connectivity index (χ1v) is 6.95. The highest BCUT2D eigenvalue weighted by atomic mass is 16.5. The van der Waals surface area contributed by atoms with Gasteiger partial charge in [-0.25, -0.2) is 4.98 Å². The van der Waals surface area contributed by atoms with Crippen molar-refractivity contribution in [2.24, 2.45) is 0 Å². The minimum Gasteiger partial charge on any atom is -0.490 e. The number of fused-ring (bicyclic) bond motifs is 1. The summed E-state index contributed by atoms with van der Waals surface area (Å²) in [7, 11) is -0.898. The third-order valence-electron chi connectivity index (χ3n) is 3.31. The molecule has 8 heteroatoms. The summed E-state index contributed by atoms with van der Waals surface area (Å²) in [6.07, 6.45) is 1.35. The van der Waals surface area contributed by atoms with Crippen LogP contribution in [0.4, 0.5) is 0 Å². The van der Waals surface area contributed by atoms with Gasteiger partial charge in [0.2, 0.25) is 5.88 Å². The molecule has 7 nitrogen and oxygen atoms in total. The zero-order valence-electron chi connectivity index (χ0n) is 12.1. The normalized spacial score (nSPS) is 12.7. The maximum Gasteiger partial charge on any atom is 0.491 e. The van der Waals surface area contributed by atoms with E-state index in [4.69, 9.17) is 24.5 Å². The smallest absolute Gasteiger partial charge is 0.490 e. The van der Waals surface area contributed by atoms with Crippen LogP contribution in [-0.2, 0) is 11.3 Å². The van der Waals surface area contributed by atoms with Gasteiger partial charge in [0.1, 0.15) is 29.7 Å². The lowest BCUT2D eigenvalue weighted by Crippen LogP contribution is -2.27. The molecule has 2 heterocycles. The molecule has 2 aromatic rings. The van der Waals surface area contributed by atoms with Crippen LogP contribution in [0.2, 0.25) is 0 Å². The number of hydrogen-bond acceptors (Lipinski definition) is 7. The van der Waals surface area contributed by atoms with Crippen molar-refractivity contribution in [3.05, 3.63) is 41.6 Å². The molecule has 1 aromatic carbocycles. The summed E-state index contributed by atoms with van der Waals surface area (Å²) < 4.78 is 16.1. The van der Waals surface area contributed by atoms with Crippen molar-refractivity contribution in [1.29, 1.82) is 5.26 Å². The zero-order chi connectivity index (χ0) is 16.2. The molecule has 0 amide bonds. The standard InChI is InChI=1S/C15H13BN2O5/c17-7-11-8-18-15(6-14(11)21-4-3-19)23-12-1-2-13-10(5-12)9-22-16(13)20/h1-2,5-6,8,19-20H,3-4,9H2. The molecule has 116 valence electrons. The summed E-state index contributed by atoms with van der Waals surface area (Å²) in [5.41, 5.74) is 1.83. The van der Waals surface area contributed by atoms with Crippen LogP contribution in [0.15, 0.2) is 30.5 Å². The van der Waals surface area contributed by atoms with Crippen LogP contribution in [0.1, 0.15) is 11.1 Å². The molecule has 1 aliphatic rings. The van der Waals surface area contributed by atoms with Crippen molar-refractivity contribution >= 4 is 12.6 Å². The number of benzene rings is 1. The van der Waals surface area contributed by atoms with Gasteiger partial charge < -0.3 is 24.3 Å². The number of hydrogen-bond donors (Lipinski definition) is 2. The van der Waals surface area contributed by atoms with Crippen LogP contribution in [0.5, 0.6) is 17.4 Å². The number of pyridine rings is 1. The first-order chi connectivity index (χ1) is 11.2. The first kappa shape index (κ1) is 15.3. The van der Waals surface area contributed by atoms with Gasteiger partial charge in [-0.05, 0) is 23.2 Å². The second kappa shape index (κ2) is 6.66. The van der Waals surface area contributed by atoms with Crippen LogP contribution in [0.25, 0.3) is 0 Å². The minimum absolute atomic E-state index is 0.0756. The molecule has 0 bridgehead atoms. The lowest BCUT2D eigenvalue weighted by Gasteiger charge is -2.10. The van der Waals surface area contributed by atoms with E-state index in [2.05, 4.69) is 4.98 Å². The Morgan fingerprint density at radius 3 is 3.04 bits per heavy atom. The molecule has 3 rings (SSSR count). The van der Waals surface area contributed by atoms with Gasteiger partial charge in [0.25, 0.3) is 0 Å². The van der Waals surface area contributed by atoms with E-state index in [1.807, 2.05) is 6.07 Å². The van der Waals surface area contributed by atoms with E-state index in [-0.39, 0.29) is 24.7 Å². The second-order valence-electron chi connectivity index (χ2n) is 4.83. The fraction of sp³-hybridized carbons (Fsp3) is 0.200. The van der Waals surface area contributed by atoms with E-state index in [1.165, 1.54) is 12.3 Å². The average Bonchev–Trinajstić information content (AvgIpc) is 2.94. The number of aromatic nitrogens is 1. The second-order valence-corrected chi connectivity index (χ2v) is 4.83. The molecule has 0 atom stereocenters. The molecule has 1 aliphatic heterocycles. The van der Waals surface area contributed by atoms with Crippen molar-refractivity contribution < 1.29 is 24.3 Å². The fourth-order valence-corrected chi connectivity index (χ4v) is 2.22. The molecule has 0 saturated heterocycles. The van der Waals surface area contributed by atoms with Crippen LogP contribution in [-0.4, -0.2) is 35.4 Å². The van der Waals surface area contributed by atoms with Gasteiger partial charge in [0, 0.05) is 6.07 Å². The van der Waals surface area contributed by atoms with Gasteiger partial charge in [-0.1, -0.05) is 6.07 Å². The molecule has 0 fully saturated rings. The van der Waals surface area contributed by atoms with Crippen LogP contribution < -0.4 is 14.9 Å². The maximum absolute atomic E-state index is 9.60. The lowest BCUT2D eigenvalue weighted by atomic mass is 9.80. The van der Waals surface area contributed by atoms with Crippen LogP contribution in [0, 0.1) is 11.3 Å². The monoisotopic (exact) mass is 312 g/mol. The van der Waals surface area contributed by atoms with Gasteiger partial charge in [0.15, 0.2) is 0 Å². The summed E-state index contributed by atoms with van der Waals surface area (Å²) in [4.78, 5) is 4.05. The third kappa shape index (κ3) is 3.27. The summed E-state index contributed by atoms with van der Waals surface area (Å²) in [6, 6.07) is 8.65. The van der Waals surface area contributed by atoms with Crippen molar-refractivity contribution in [3.8, 4) is 23.4 Å². The molecule has 0 unspecified atom stereocenters. The largest absolute Gasteiger partial charge is 0.491 e. The van der Waals surface area contributed by atoms with Gasteiger partial charge in [0.05, 0.1) is 19.4 Å². The van der Waals surface area contributed by atoms with Gasteiger partial charge in [-0.2, -0.15) is 5.26 Å². The summed E-state index contributed by atoms with van der Waals surface area (Å²) >= 11 is 0. The van der Waals surface area contributed by atoms with Gasteiger partial charge >= 0.3 is 7.12 Å². The number of aliphatic hydroxyl groups is 1. The Bertz CT molecular complexity index is 762. The Morgan fingerprint density at radius 2 is 2.26 bits per heavy atom. The highest BCUT2D eigenvalue weighted by molar-refractivity contribution is 6.61. The molecular formula is C15H13BN2O5. The van der Waals surface area contributed by atoms with Crippen LogP contribution >= 0.6 is 0 Å². The number of ether oxygens (including phenoxy) is 2. The van der Waals surface area contributed by atoms with Crippen molar-refractivity contribution in [2.45, 2.75) is 6.61 Å². The topological polar surface area (TPSA) is 105 Å². The van der Waals surface area contributed by atoms with Crippen molar-refractivity contribution in [1.82, 2.24) is 4.98 Å². The molecular weight excluding hydrogens is 299 g/mol. The van der Waals surface area contributed by atoms with E-state index >= 15 is 0 Å². The number of nitrogens with zero attached hydrogens (tertiary/aromatic N) is 2. The Morgan fingerprint density at radius 1 is 1.39 bits per heavy atom. The Kier molecular flexibility index (Phi) is 4.44. The van der Waals surface area contributed by atoms with Gasteiger partial charge in [-0.15, -0.1) is 0 Å². The lowest BCUT2D eigenvalue weighted by molar-refractivity contribution is 0.200. The van der Waals surface area contributed by atoms with E-state index in [0.717, 1.165) is 11.0 Å². The highest BCUT2D eigenvalue weighted by Gasteiger charge is 2.27. The number of aliphatic hydroxyl groups excluding tert-OH is 1. The summed E-state index contributed by atoms with van der Waals surface area (Å²) in [6.45, 7) is 0.238. The maximum atomic E-state index is 9.60. The van der Waals surface area contributed by atoms with Crippen LogP contribution in [0.3, 0.4) is 0 Å². The van der Waals surface area contributed by atoms with Gasteiger partial charge in [-0.3, -0.25) is 0 Å². The SMILES string of the molecule is N#Cc1cnc(Oc2ccc3c(c2)COB3O)cc1OCCO. The molecule has 0 aliphatic carbocycles. The summed E-state index contributed by atoms with van der Waals surface area (Å²) in [5.74, 6) is 1.09. The summed E-state index contributed by atoms with van der Waals surface area (Å²) in [5, 5.41) is 27.4. The van der Waals surface area contributed by atoms with Crippen molar-refractivity contribution in [2.75, 3.05) is 13.2 Å². The predicted molar refractivity (Wildman–Crippen MR) is 80.4 cm³/mol. The third-order valence-corrected chi connectivity index (χ3v) is 3.31. The molecule has 1 aromatic heterocycles. The number of rotatable bonds is 5. The fourth-order valence-electron chi connectivity index (χ4n) is 2.22. The van der Waals surface area contributed by atoms with E-state index in [1.54, 1.807) is 18.2 Å². The predicted octanol–water partition coefficient (Wildman–Crippen LogP) is 0.334. The van der Waals surface area contributed by atoms with E-state index in [0.29, 0.717) is 18.1 Å². The molecule has 0 radical (unpaired) electrons. The minimum atomic E-state index is -0.898. The van der Waals surface area contributed by atoms with E-state index < -0.39 is 7.12 Å². The molecule has 2 N–H and O–H groups in total. The quantitative estimate of drug-likeness (QED) is 0.767. The Balaban J connectivity index is 1.81. The molecule has 0 spiro atoms. The Hall–Kier alpha value is -2.60. The molecule has 0 saturated carbocycles. The zero-order valence-corrected chi connectivity index (χ0v) is 12.1. The Labute approximate surface area is 132 Å². The first-order valence-electron chi connectivity index (χ1n) is 6.95. The molecule has 23 heavy (non-hydrogen) atoms. The van der Waals surface area contributed by atoms with E-state index in [9.17, 15) is 5.02 Å². The average molecular weight is 312 g/mol. The van der Waals surface area contributed by atoms with Crippen molar-refractivity contribution in [3.63, 3.8) is 0 Å². The number of nitriles is 1.